The Kier molecular flexibility index (Phi) is 5.92. The number of nitrogens with zero attached hydrogens (tertiary/aromatic N) is 3. The van der Waals surface area contributed by atoms with Gasteiger partial charge < -0.3 is 16.2 Å². The van der Waals surface area contributed by atoms with Crippen LogP contribution < -0.4 is 11.1 Å². The first-order chi connectivity index (χ1) is 13.0. The predicted octanol–water partition coefficient (Wildman–Crippen LogP) is 3.36. The van der Waals surface area contributed by atoms with E-state index < -0.39 is 0 Å². The van der Waals surface area contributed by atoms with Gasteiger partial charge in [0.15, 0.2) is 5.82 Å². The molecule has 1 fully saturated rings. The van der Waals surface area contributed by atoms with Gasteiger partial charge in [-0.15, -0.1) is 0 Å². The molecule has 0 bridgehead atoms. The third-order valence-electron chi connectivity index (χ3n) is 5.10. The summed E-state index contributed by atoms with van der Waals surface area (Å²) in [4.78, 5) is 9.12. The van der Waals surface area contributed by atoms with Crippen molar-refractivity contribution in [3.8, 4) is 23.2 Å². The fourth-order valence-electron chi connectivity index (χ4n) is 3.60. The minimum absolute atomic E-state index is 0.127. The van der Waals surface area contributed by atoms with Gasteiger partial charge in [0.2, 0.25) is 0 Å². The third kappa shape index (κ3) is 4.20. The van der Waals surface area contributed by atoms with Gasteiger partial charge in [0.1, 0.15) is 23.2 Å². The molecule has 1 saturated heterocycles. The number of nitrogen functional groups attached to an aromatic ring is 1. The van der Waals surface area contributed by atoms with Crippen LogP contribution in [0.1, 0.15) is 55.8 Å². The van der Waals surface area contributed by atoms with Crippen LogP contribution in [0.15, 0.2) is 18.2 Å². The number of rotatable bonds is 5. The van der Waals surface area contributed by atoms with Gasteiger partial charge in [-0.3, -0.25) is 0 Å². The van der Waals surface area contributed by atoms with Crippen LogP contribution in [0.3, 0.4) is 0 Å². The Labute approximate surface area is 160 Å². The molecule has 6 heteroatoms. The Bertz CT molecular complexity index is 850. The number of nitriles is 1. The number of aryl methyl sites for hydroxylation is 1. The van der Waals surface area contributed by atoms with Crippen LogP contribution in [0.4, 0.5) is 5.82 Å². The molecular formula is C21H27N5O. The number of aromatic nitrogens is 2. The highest BCUT2D eigenvalue weighted by molar-refractivity contribution is 5.70. The largest absolute Gasteiger partial charge is 0.507 e. The Morgan fingerprint density at radius 3 is 2.85 bits per heavy atom. The fourth-order valence-corrected chi connectivity index (χ4v) is 3.60. The number of hydrogen-bond donors (Lipinski definition) is 3. The average molecular weight is 365 g/mol. The molecule has 6 nitrogen and oxygen atoms in total. The Hall–Kier alpha value is -2.65. The lowest BCUT2D eigenvalue weighted by Crippen LogP contribution is -2.29. The average Bonchev–Trinajstić information content (AvgIpc) is 2.66. The van der Waals surface area contributed by atoms with Gasteiger partial charge in [0.25, 0.3) is 0 Å². The summed E-state index contributed by atoms with van der Waals surface area (Å²) in [7, 11) is 0. The minimum Gasteiger partial charge on any atom is -0.507 e. The number of piperidine rings is 1. The number of aromatic hydroxyl groups is 1. The number of benzene rings is 1. The van der Waals surface area contributed by atoms with E-state index in [1.54, 1.807) is 6.07 Å². The number of hydrogen-bond acceptors (Lipinski definition) is 6. The molecule has 1 aliphatic rings. The summed E-state index contributed by atoms with van der Waals surface area (Å²) in [6.45, 7) is 6.09. The number of phenolic OH excluding ortho intramolecular Hbond substituents is 1. The molecule has 2 heterocycles. The summed E-state index contributed by atoms with van der Waals surface area (Å²) >= 11 is 0. The lowest BCUT2D eigenvalue weighted by atomic mass is 9.92. The molecule has 0 aliphatic carbocycles. The van der Waals surface area contributed by atoms with Crippen LogP contribution in [0.25, 0.3) is 11.4 Å². The number of nitrogens with two attached hydrogens (primary N) is 1. The van der Waals surface area contributed by atoms with E-state index in [4.69, 9.17) is 10.7 Å². The number of phenols is 1. The number of anilines is 1. The van der Waals surface area contributed by atoms with E-state index in [1.165, 1.54) is 0 Å². The van der Waals surface area contributed by atoms with Crippen LogP contribution in [-0.4, -0.2) is 28.2 Å². The second-order valence-corrected chi connectivity index (χ2v) is 7.59. The van der Waals surface area contributed by atoms with Gasteiger partial charge in [-0.25, -0.2) is 9.97 Å². The SMILES string of the molecule is CC(C)CCc1cccc(O)c1-c1nc(N)c(C#N)c(C2CCCNC2)n1. The first-order valence-corrected chi connectivity index (χ1v) is 9.60. The van der Waals surface area contributed by atoms with E-state index >= 15 is 0 Å². The first kappa shape index (κ1) is 19.1. The highest BCUT2D eigenvalue weighted by atomic mass is 16.3. The molecule has 0 amide bonds. The summed E-state index contributed by atoms with van der Waals surface area (Å²) in [5.41, 5.74) is 8.79. The molecule has 3 rings (SSSR count). The maximum Gasteiger partial charge on any atom is 0.165 e. The molecule has 142 valence electrons. The Balaban J connectivity index is 2.10. The van der Waals surface area contributed by atoms with Gasteiger partial charge in [0, 0.05) is 12.5 Å². The van der Waals surface area contributed by atoms with Crippen molar-refractivity contribution >= 4 is 5.82 Å². The molecule has 1 aromatic heterocycles. The molecule has 1 aromatic carbocycles. The van der Waals surface area contributed by atoms with E-state index in [-0.39, 0.29) is 17.5 Å². The molecule has 0 radical (unpaired) electrons. The van der Waals surface area contributed by atoms with E-state index in [0.29, 0.717) is 28.6 Å². The topological polar surface area (TPSA) is 108 Å². The van der Waals surface area contributed by atoms with Crippen molar-refractivity contribution in [3.05, 3.63) is 35.0 Å². The summed E-state index contributed by atoms with van der Waals surface area (Å²) in [6, 6.07) is 7.65. The van der Waals surface area contributed by atoms with Crippen LogP contribution >= 0.6 is 0 Å². The van der Waals surface area contributed by atoms with Crippen LogP contribution in [-0.2, 0) is 6.42 Å². The van der Waals surface area contributed by atoms with Gasteiger partial charge in [-0.1, -0.05) is 26.0 Å². The summed E-state index contributed by atoms with van der Waals surface area (Å²) in [5.74, 6) is 1.41. The maximum atomic E-state index is 10.5. The van der Waals surface area contributed by atoms with Crippen LogP contribution in [0, 0.1) is 17.2 Å². The van der Waals surface area contributed by atoms with Crippen molar-refractivity contribution in [2.24, 2.45) is 5.92 Å². The quantitative estimate of drug-likeness (QED) is 0.750. The van der Waals surface area contributed by atoms with E-state index in [2.05, 4.69) is 30.2 Å². The molecule has 1 atom stereocenters. The highest BCUT2D eigenvalue weighted by Crippen LogP contribution is 2.35. The third-order valence-corrected chi connectivity index (χ3v) is 5.10. The van der Waals surface area contributed by atoms with Crippen molar-refractivity contribution in [2.45, 2.75) is 45.4 Å². The molecule has 27 heavy (non-hydrogen) atoms. The van der Waals surface area contributed by atoms with Crippen molar-refractivity contribution in [2.75, 3.05) is 18.8 Å². The molecule has 0 saturated carbocycles. The lowest BCUT2D eigenvalue weighted by Gasteiger charge is -2.24. The van der Waals surface area contributed by atoms with Gasteiger partial charge >= 0.3 is 0 Å². The summed E-state index contributed by atoms with van der Waals surface area (Å²) < 4.78 is 0. The molecule has 2 aromatic rings. The van der Waals surface area contributed by atoms with Crippen molar-refractivity contribution in [1.82, 2.24) is 15.3 Å². The second-order valence-electron chi connectivity index (χ2n) is 7.59. The second kappa shape index (κ2) is 8.36. The molecule has 1 aliphatic heterocycles. The zero-order chi connectivity index (χ0) is 19.4. The van der Waals surface area contributed by atoms with Crippen LogP contribution in [0.5, 0.6) is 5.75 Å². The first-order valence-electron chi connectivity index (χ1n) is 9.60. The van der Waals surface area contributed by atoms with Gasteiger partial charge in [-0.05, 0) is 49.8 Å². The van der Waals surface area contributed by atoms with Crippen LogP contribution in [0.2, 0.25) is 0 Å². The van der Waals surface area contributed by atoms with E-state index in [9.17, 15) is 10.4 Å². The van der Waals surface area contributed by atoms with Crippen molar-refractivity contribution < 1.29 is 5.11 Å². The van der Waals surface area contributed by atoms with E-state index in [0.717, 1.165) is 44.3 Å². The Morgan fingerprint density at radius 1 is 1.37 bits per heavy atom. The zero-order valence-corrected chi connectivity index (χ0v) is 16.0. The molecular weight excluding hydrogens is 338 g/mol. The summed E-state index contributed by atoms with van der Waals surface area (Å²) in [6.07, 6.45) is 3.82. The predicted molar refractivity (Wildman–Crippen MR) is 106 cm³/mol. The monoisotopic (exact) mass is 365 g/mol. The maximum absolute atomic E-state index is 10.5. The van der Waals surface area contributed by atoms with Gasteiger partial charge in [-0.2, -0.15) is 5.26 Å². The normalized spacial score (nSPS) is 17.0. The minimum atomic E-state index is 0.127. The lowest BCUT2D eigenvalue weighted by molar-refractivity contribution is 0.453. The highest BCUT2D eigenvalue weighted by Gasteiger charge is 2.25. The van der Waals surface area contributed by atoms with Gasteiger partial charge in [0.05, 0.1) is 11.3 Å². The van der Waals surface area contributed by atoms with E-state index in [1.807, 2.05) is 12.1 Å². The zero-order valence-electron chi connectivity index (χ0n) is 16.0. The van der Waals surface area contributed by atoms with Crippen molar-refractivity contribution in [3.63, 3.8) is 0 Å². The number of nitrogens with one attached hydrogen (secondary N) is 1. The Morgan fingerprint density at radius 2 is 2.19 bits per heavy atom. The van der Waals surface area contributed by atoms with Crippen molar-refractivity contribution in [1.29, 1.82) is 5.26 Å². The fraction of sp³-hybridized carbons (Fsp3) is 0.476. The molecule has 0 spiro atoms. The smallest absolute Gasteiger partial charge is 0.165 e. The molecule has 1 unspecified atom stereocenters. The summed E-state index contributed by atoms with van der Waals surface area (Å²) in [5, 5.41) is 23.5. The molecule has 4 N–H and O–H groups in total. The standard InChI is InChI=1S/C21H27N5O/c1-13(2)8-9-14-5-3-7-17(27)18(14)21-25-19(15-6-4-10-24-12-15)16(11-22)20(23)26-21/h3,5,7,13,15,24,27H,4,6,8-10,12H2,1-2H3,(H2,23,25,26).